The fourth-order valence-corrected chi connectivity index (χ4v) is 4.31. The van der Waals surface area contributed by atoms with Gasteiger partial charge in [0.05, 0.1) is 24.2 Å². The summed E-state index contributed by atoms with van der Waals surface area (Å²) >= 11 is 1.63. The highest BCUT2D eigenvalue weighted by atomic mass is 32.1. The largest absolute Gasteiger partial charge is 0.345 e. The van der Waals surface area contributed by atoms with Crippen LogP contribution in [0.2, 0.25) is 0 Å². The number of nitriles is 1. The second-order valence-electron chi connectivity index (χ2n) is 6.11. The molecular formula is C17H20N4O2S. The molecule has 0 bridgehead atoms. The van der Waals surface area contributed by atoms with Crippen LogP contribution in [0.5, 0.6) is 0 Å². The van der Waals surface area contributed by atoms with Crippen molar-refractivity contribution in [2.24, 2.45) is 0 Å². The Balaban J connectivity index is 1.78. The van der Waals surface area contributed by atoms with Gasteiger partial charge in [-0.3, -0.25) is 14.2 Å². The summed E-state index contributed by atoms with van der Waals surface area (Å²) in [6.45, 7) is 0.738. The molecule has 2 aromatic heterocycles. The quantitative estimate of drug-likeness (QED) is 0.832. The molecule has 1 aliphatic carbocycles. The van der Waals surface area contributed by atoms with E-state index in [2.05, 4.69) is 4.98 Å². The molecule has 24 heavy (non-hydrogen) atoms. The van der Waals surface area contributed by atoms with Crippen molar-refractivity contribution >= 4 is 27.5 Å². The smallest absolute Gasteiger partial charge is 0.262 e. The lowest BCUT2D eigenvalue weighted by Crippen LogP contribution is -2.30. The van der Waals surface area contributed by atoms with Crippen LogP contribution in [0.4, 0.5) is 0 Å². The van der Waals surface area contributed by atoms with Crippen LogP contribution in [0.3, 0.4) is 0 Å². The lowest BCUT2D eigenvalue weighted by atomic mass is 9.97. The van der Waals surface area contributed by atoms with Gasteiger partial charge in [-0.1, -0.05) is 0 Å². The molecule has 0 saturated carbocycles. The number of carbonyl (C=O) groups excluding carboxylic acids is 1. The van der Waals surface area contributed by atoms with Crippen LogP contribution in [-0.4, -0.2) is 34.0 Å². The minimum Gasteiger partial charge on any atom is -0.345 e. The van der Waals surface area contributed by atoms with E-state index >= 15 is 0 Å². The molecule has 2 aromatic rings. The van der Waals surface area contributed by atoms with Gasteiger partial charge in [0, 0.05) is 31.4 Å². The highest BCUT2D eigenvalue weighted by molar-refractivity contribution is 7.18. The molecular weight excluding hydrogens is 324 g/mol. The predicted molar refractivity (Wildman–Crippen MR) is 93.0 cm³/mol. The summed E-state index contributed by atoms with van der Waals surface area (Å²) in [6, 6.07) is 2.02. The van der Waals surface area contributed by atoms with E-state index in [4.69, 9.17) is 5.26 Å². The van der Waals surface area contributed by atoms with Gasteiger partial charge in [-0.15, -0.1) is 11.3 Å². The van der Waals surface area contributed by atoms with Crippen LogP contribution in [0.25, 0.3) is 10.2 Å². The maximum atomic E-state index is 12.8. The summed E-state index contributed by atoms with van der Waals surface area (Å²) in [5, 5.41) is 9.33. The number of hydrogen-bond donors (Lipinski definition) is 0. The molecule has 0 radical (unpaired) electrons. The molecule has 0 saturated heterocycles. The lowest BCUT2D eigenvalue weighted by molar-refractivity contribution is -0.130. The Bertz CT molecular complexity index is 862. The Labute approximate surface area is 144 Å². The molecule has 0 fully saturated rings. The van der Waals surface area contributed by atoms with Crippen molar-refractivity contribution in [1.82, 2.24) is 14.5 Å². The molecule has 2 heterocycles. The van der Waals surface area contributed by atoms with Crippen LogP contribution >= 0.6 is 11.3 Å². The third-order valence-corrected chi connectivity index (χ3v) is 5.69. The fraction of sp³-hybridized carbons (Fsp3) is 0.529. The standard InChI is InChI=1S/C17H20N4O2S/c1-20(9-4-8-18)14(22)7-10-21-11-19-16-15(17(21)23)12-5-2-3-6-13(12)24-16/h11H,2-7,9-10H2,1H3. The van der Waals surface area contributed by atoms with Gasteiger partial charge in [-0.2, -0.15) is 5.26 Å². The molecule has 3 rings (SSSR count). The summed E-state index contributed by atoms with van der Waals surface area (Å²) in [7, 11) is 1.68. The number of amides is 1. The second kappa shape index (κ2) is 7.14. The first-order chi connectivity index (χ1) is 11.6. The normalized spacial score (nSPS) is 13.5. The average molecular weight is 344 g/mol. The van der Waals surface area contributed by atoms with E-state index in [0.29, 0.717) is 19.5 Å². The Morgan fingerprint density at radius 1 is 1.46 bits per heavy atom. The van der Waals surface area contributed by atoms with Crippen molar-refractivity contribution in [2.75, 3.05) is 13.6 Å². The van der Waals surface area contributed by atoms with E-state index in [1.165, 1.54) is 21.8 Å². The van der Waals surface area contributed by atoms with Crippen molar-refractivity contribution in [3.63, 3.8) is 0 Å². The molecule has 7 heteroatoms. The Morgan fingerprint density at radius 2 is 2.25 bits per heavy atom. The van der Waals surface area contributed by atoms with Gasteiger partial charge < -0.3 is 4.90 Å². The van der Waals surface area contributed by atoms with Crippen molar-refractivity contribution in [2.45, 2.75) is 45.1 Å². The van der Waals surface area contributed by atoms with Crippen molar-refractivity contribution in [3.8, 4) is 6.07 Å². The van der Waals surface area contributed by atoms with Gasteiger partial charge in [0.25, 0.3) is 5.56 Å². The minimum atomic E-state index is -0.0652. The van der Waals surface area contributed by atoms with Gasteiger partial charge in [-0.05, 0) is 31.2 Å². The first-order valence-corrected chi connectivity index (χ1v) is 9.04. The zero-order valence-electron chi connectivity index (χ0n) is 13.7. The number of rotatable bonds is 5. The SMILES string of the molecule is CN(CCC#N)C(=O)CCn1cnc2sc3c(c2c1=O)CCCC3. The molecule has 0 unspecified atom stereocenters. The lowest BCUT2D eigenvalue weighted by Gasteiger charge is -2.15. The predicted octanol–water partition coefficient (Wildman–Crippen LogP) is 2.10. The molecule has 1 amide bonds. The Kier molecular flexibility index (Phi) is 4.95. The van der Waals surface area contributed by atoms with E-state index < -0.39 is 0 Å². The van der Waals surface area contributed by atoms with E-state index in [-0.39, 0.29) is 17.9 Å². The van der Waals surface area contributed by atoms with Crippen LogP contribution in [0, 0.1) is 11.3 Å². The Hall–Kier alpha value is -2.20. The maximum Gasteiger partial charge on any atom is 0.262 e. The third-order valence-electron chi connectivity index (χ3n) is 4.49. The average Bonchev–Trinajstić information content (AvgIpc) is 2.98. The number of fused-ring (bicyclic) bond motifs is 3. The summed E-state index contributed by atoms with van der Waals surface area (Å²) < 4.78 is 1.54. The van der Waals surface area contributed by atoms with Gasteiger partial charge >= 0.3 is 0 Å². The zero-order chi connectivity index (χ0) is 17.1. The highest BCUT2D eigenvalue weighted by Crippen LogP contribution is 2.33. The summed E-state index contributed by atoms with van der Waals surface area (Å²) in [5.74, 6) is -0.0652. The van der Waals surface area contributed by atoms with Gasteiger partial charge in [-0.25, -0.2) is 4.98 Å². The molecule has 0 aliphatic heterocycles. The minimum absolute atomic E-state index is 0.0353. The monoisotopic (exact) mass is 344 g/mol. The van der Waals surface area contributed by atoms with E-state index in [9.17, 15) is 9.59 Å². The molecule has 0 N–H and O–H groups in total. The van der Waals surface area contributed by atoms with Crippen LogP contribution in [0.1, 0.15) is 36.1 Å². The van der Waals surface area contributed by atoms with Crippen molar-refractivity contribution in [1.29, 1.82) is 5.26 Å². The van der Waals surface area contributed by atoms with Gasteiger partial charge in [0.2, 0.25) is 5.91 Å². The number of aromatic nitrogens is 2. The van der Waals surface area contributed by atoms with Crippen LogP contribution in [0.15, 0.2) is 11.1 Å². The van der Waals surface area contributed by atoms with Crippen molar-refractivity contribution < 1.29 is 4.79 Å². The first-order valence-electron chi connectivity index (χ1n) is 8.22. The zero-order valence-corrected chi connectivity index (χ0v) is 14.6. The molecule has 0 aromatic carbocycles. The van der Waals surface area contributed by atoms with Crippen molar-refractivity contribution in [3.05, 3.63) is 27.1 Å². The van der Waals surface area contributed by atoms with Crippen LogP contribution in [-0.2, 0) is 24.2 Å². The number of hydrogen-bond acceptors (Lipinski definition) is 5. The summed E-state index contributed by atoms with van der Waals surface area (Å²) in [6.07, 6.45) is 6.39. The molecule has 6 nitrogen and oxygen atoms in total. The second-order valence-corrected chi connectivity index (χ2v) is 7.19. The number of thiophene rings is 1. The topological polar surface area (TPSA) is 79.0 Å². The number of aryl methyl sites for hydroxylation is 3. The molecule has 0 atom stereocenters. The first kappa shape index (κ1) is 16.7. The number of nitrogens with zero attached hydrogens (tertiary/aromatic N) is 4. The van der Waals surface area contributed by atoms with Gasteiger partial charge in [0.15, 0.2) is 0 Å². The van der Waals surface area contributed by atoms with Crippen LogP contribution < -0.4 is 5.56 Å². The van der Waals surface area contributed by atoms with E-state index in [0.717, 1.165) is 29.5 Å². The van der Waals surface area contributed by atoms with E-state index in [1.54, 1.807) is 29.3 Å². The molecule has 0 spiro atoms. The van der Waals surface area contributed by atoms with E-state index in [1.807, 2.05) is 6.07 Å². The summed E-state index contributed by atoms with van der Waals surface area (Å²) in [4.78, 5) is 32.9. The maximum absolute atomic E-state index is 12.8. The molecule has 1 aliphatic rings. The highest BCUT2D eigenvalue weighted by Gasteiger charge is 2.20. The Morgan fingerprint density at radius 3 is 3.04 bits per heavy atom. The summed E-state index contributed by atoms with van der Waals surface area (Å²) in [5.41, 5.74) is 1.14. The number of carbonyl (C=O) groups is 1. The molecule has 126 valence electrons. The fourth-order valence-electron chi connectivity index (χ4n) is 3.09. The van der Waals surface area contributed by atoms with Gasteiger partial charge in [0.1, 0.15) is 4.83 Å². The third kappa shape index (κ3) is 3.20.